The van der Waals surface area contributed by atoms with E-state index in [1.54, 1.807) is 12.1 Å². The molecule has 2 aromatic carbocycles. The van der Waals surface area contributed by atoms with Crippen molar-refractivity contribution in [3.63, 3.8) is 0 Å². The molecule has 1 aliphatic carbocycles. The van der Waals surface area contributed by atoms with Crippen LogP contribution in [0, 0.1) is 0 Å². The lowest BCUT2D eigenvalue weighted by Crippen LogP contribution is -2.53. The highest BCUT2D eigenvalue weighted by atomic mass is 16.5. The van der Waals surface area contributed by atoms with Gasteiger partial charge in [0.25, 0.3) is 0 Å². The fourth-order valence-electron chi connectivity index (χ4n) is 4.06. The maximum Gasteiger partial charge on any atom is 0.490 e. The van der Waals surface area contributed by atoms with E-state index in [1.165, 1.54) is 11.1 Å². The van der Waals surface area contributed by atoms with E-state index in [1.807, 2.05) is 18.2 Å². The lowest BCUT2D eigenvalue weighted by Gasteiger charge is -2.48. The Morgan fingerprint density at radius 1 is 1.08 bits per heavy atom. The second-order valence-electron chi connectivity index (χ2n) is 6.40. The maximum atomic E-state index is 9.87. The molecule has 2 atom stereocenters. The monoisotopic (exact) mass is 317 g/mol. The second kappa shape index (κ2) is 5.00. The maximum absolute atomic E-state index is 9.87. The highest BCUT2D eigenvalue weighted by Crippen LogP contribution is 2.47. The Labute approximate surface area is 140 Å². The molecule has 118 valence electrons. The van der Waals surface area contributed by atoms with Crippen molar-refractivity contribution in [2.24, 2.45) is 0 Å². The molecule has 2 heterocycles. The van der Waals surface area contributed by atoms with E-state index in [9.17, 15) is 10.0 Å². The van der Waals surface area contributed by atoms with Gasteiger partial charge in [-0.2, -0.15) is 0 Å². The van der Waals surface area contributed by atoms with Gasteiger partial charge < -0.3 is 19.7 Å². The molecule has 0 saturated carbocycles. The van der Waals surface area contributed by atoms with Gasteiger partial charge in [-0.25, -0.2) is 0 Å². The molecule has 4 nitrogen and oxygen atoms in total. The Morgan fingerprint density at radius 2 is 1.96 bits per heavy atom. The molecule has 0 aromatic heterocycles. The fourth-order valence-corrected chi connectivity index (χ4v) is 4.06. The summed E-state index contributed by atoms with van der Waals surface area (Å²) >= 11 is 0. The van der Waals surface area contributed by atoms with E-state index in [0.717, 1.165) is 17.8 Å². The molecule has 2 N–H and O–H groups in total. The summed E-state index contributed by atoms with van der Waals surface area (Å²) in [6.07, 6.45) is 7.09. The summed E-state index contributed by atoms with van der Waals surface area (Å²) in [6.45, 7) is 0. The number of fused-ring (bicyclic) bond motifs is 4. The van der Waals surface area contributed by atoms with Gasteiger partial charge in [0.05, 0.1) is 11.7 Å². The zero-order valence-corrected chi connectivity index (χ0v) is 13.0. The van der Waals surface area contributed by atoms with E-state index in [-0.39, 0.29) is 12.1 Å². The van der Waals surface area contributed by atoms with Crippen LogP contribution >= 0.6 is 0 Å². The van der Waals surface area contributed by atoms with Crippen molar-refractivity contribution >= 4 is 24.0 Å². The molecule has 24 heavy (non-hydrogen) atoms. The van der Waals surface area contributed by atoms with E-state index in [4.69, 9.17) is 4.74 Å². The Kier molecular flexibility index (Phi) is 2.89. The van der Waals surface area contributed by atoms with Gasteiger partial charge in [-0.1, -0.05) is 42.5 Å². The first-order valence-electron chi connectivity index (χ1n) is 8.14. The van der Waals surface area contributed by atoms with E-state index in [0.29, 0.717) is 11.2 Å². The molecule has 5 rings (SSSR count). The minimum Gasteiger partial charge on any atom is -0.482 e. The first-order valence-corrected chi connectivity index (χ1v) is 8.14. The van der Waals surface area contributed by atoms with Crippen molar-refractivity contribution in [2.75, 3.05) is 4.90 Å². The van der Waals surface area contributed by atoms with Crippen molar-refractivity contribution in [1.29, 1.82) is 0 Å². The molecule has 0 spiro atoms. The van der Waals surface area contributed by atoms with Gasteiger partial charge in [0.2, 0.25) is 0 Å². The second-order valence-corrected chi connectivity index (χ2v) is 6.40. The van der Waals surface area contributed by atoms with Gasteiger partial charge >= 0.3 is 7.12 Å². The molecule has 0 bridgehead atoms. The normalized spacial score (nSPS) is 22.8. The van der Waals surface area contributed by atoms with Gasteiger partial charge in [0.1, 0.15) is 11.9 Å². The highest BCUT2D eigenvalue weighted by Gasteiger charge is 2.44. The summed E-state index contributed by atoms with van der Waals surface area (Å²) in [5.74, 6) is 0.685. The van der Waals surface area contributed by atoms with Crippen molar-refractivity contribution in [1.82, 2.24) is 0 Å². The van der Waals surface area contributed by atoms with Crippen molar-refractivity contribution in [3.8, 4) is 5.75 Å². The van der Waals surface area contributed by atoms with Gasteiger partial charge in [0, 0.05) is 11.2 Å². The molecular weight excluding hydrogens is 301 g/mol. The first kappa shape index (κ1) is 13.9. The quantitative estimate of drug-likeness (QED) is 0.786. The number of allylic oxidation sites excluding steroid dienone is 2. The zero-order chi connectivity index (χ0) is 16.3. The Morgan fingerprint density at radius 3 is 2.83 bits per heavy atom. The molecule has 0 radical (unpaired) electrons. The van der Waals surface area contributed by atoms with Crippen LogP contribution in [0.2, 0.25) is 0 Å². The minimum atomic E-state index is -1.54. The third kappa shape index (κ3) is 1.82. The average Bonchev–Trinajstić information content (AvgIpc) is 2.60. The molecule has 5 heteroatoms. The predicted octanol–water partition coefficient (Wildman–Crippen LogP) is 1.69. The van der Waals surface area contributed by atoms with Crippen LogP contribution in [-0.2, 0) is 6.42 Å². The third-order valence-corrected chi connectivity index (χ3v) is 5.04. The minimum absolute atomic E-state index is 0.0531. The topological polar surface area (TPSA) is 52.9 Å². The van der Waals surface area contributed by atoms with Gasteiger partial charge in [-0.05, 0) is 35.8 Å². The molecule has 0 saturated heterocycles. The molecule has 0 amide bonds. The smallest absolute Gasteiger partial charge is 0.482 e. The molecule has 2 aromatic rings. The number of hydrogen-bond donors (Lipinski definition) is 2. The number of benzene rings is 2. The SMILES string of the molecule is OB(O)c1cccc2c1N1c3ccccc3CC3=CC=CC(O2)C31. The van der Waals surface area contributed by atoms with Crippen LogP contribution in [0.4, 0.5) is 11.4 Å². The number of rotatable bonds is 1. The lowest BCUT2D eigenvalue weighted by molar-refractivity contribution is 0.210. The van der Waals surface area contributed by atoms with Crippen molar-refractivity contribution in [2.45, 2.75) is 18.6 Å². The highest BCUT2D eigenvalue weighted by molar-refractivity contribution is 6.61. The van der Waals surface area contributed by atoms with Gasteiger partial charge in [-0.3, -0.25) is 0 Å². The van der Waals surface area contributed by atoms with Crippen LogP contribution in [0.1, 0.15) is 5.56 Å². The molecular formula is C19H16BNO3. The fraction of sp³-hybridized carbons (Fsp3) is 0.158. The van der Waals surface area contributed by atoms with Crippen LogP contribution in [0.5, 0.6) is 5.75 Å². The average molecular weight is 317 g/mol. The molecule has 2 unspecified atom stereocenters. The number of anilines is 2. The van der Waals surface area contributed by atoms with E-state index in [2.05, 4.69) is 35.3 Å². The largest absolute Gasteiger partial charge is 0.490 e. The van der Waals surface area contributed by atoms with E-state index >= 15 is 0 Å². The summed E-state index contributed by atoms with van der Waals surface area (Å²) in [6, 6.07) is 13.8. The summed E-state index contributed by atoms with van der Waals surface area (Å²) in [4.78, 5) is 2.21. The van der Waals surface area contributed by atoms with Crippen LogP contribution in [-0.4, -0.2) is 29.3 Å². The van der Waals surface area contributed by atoms with Crippen molar-refractivity contribution < 1.29 is 14.8 Å². The van der Waals surface area contributed by atoms with Crippen LogP contribution < -0.4 is 15.1 Å². The van der Waals surface area contributed by atoms with Gasteiger partial charge in [0.15, 0.2) is 0 Å². The summed E-state index contributed by atoms with van der Waals surface area (Å²) in [5.41, 5.74) is 4.86. The van der Waals surface area contributed by atoms with Crippen molar-refractivity contribution in [3.05, 3.63) is 71.8 Å². The Bertz CT molecular complexity index is 890. The molecule has 0 fully saturated rings. The molecule has 3 aliphatic rings. The first-order chi connectivity index (χ1) is 11.7. The van der Waals surface area contributed by atoms with Crippen LogP contribution in [0.3, 0.4) is 0 Å². The van der Waals surface area contributed by atoms with Gasteiger partial charge in [-0.15, -0.1) is 0 Å². The number of para-hydroxylation sites is 2. The summed E-state index contributed by atoms with van der Waals surface area (Å²) < 4.78 is 6.19. The third-order valence-electron chi connectivity index (χ3n) is 5.04. The number of hydrogen-bond acceptors (Lipinski definition) is 4. The number of ether oxygens (including phenoxy) is 1. The Hall–Kier alpha value is -2.50. The summed E-state index contributed by atoms with van der Waals surface area (Å²) in [5, 5.41) is 19.7. The number of nitrogens with zero attached hydrogens (tertiary/aromatic N) is 1. The summed E-state index contributed by atoms with van der Waals surface area (Å²) in [7, 11) is -1.54. The predicted molar refractivity (Wildman–Crippen MR) is 94.0 cm³/mol. The zero-order valence-electron chi connectivity index (χ0n) is 13.0. The van der Waals surface area contributed by atoms with Crippen LogP contribution in [0.15, 0.2) is 66.3 Å². The van der Waals surface area contributed by atoms with Crippen LogP contribution in [0.25, 0.3) is 0 Å². The Balaban J connectivity index is 1.82. The standard InChI is InChI=1S/C19H16BNO3/c22-20(23)14-7-4-10-17-19(14)21-15-8-2-1-5-12(15)11-13-6-3-9-16(24-17)18(13)21/h1-10,16,18,22-23H,11H2. The lowest BCUT2D eigenvalue weighted by atomic mass is 9.75. The van der Waals surface area contributed by atoms with E-state index < -0.39 is 7.12 Å². The molecule has 2 aliphatic heterocycles.